The molecule has 1 unspecified atom stereocenters. The van der Waals surface area contributed by atoms with Gasteiger partial charge >= 0.3 is 5.97 Å². The van der Waals surface area contributed by atoms with Crippen LogP contribution in [0.25, 0.3) is 0 Å². The molecule has 1 heterocycles. The lowest BCUT2D eigenvalue weighted by Gasteiger charge is -2.28. The minimum Gasteiger partial charge on any atom is -0.481 e. The maximum absolute atomic E-state index is 10.6. The molecule has 1 fully saturated rings. The third-order valence-corrected chi connectivity index (χ3v) is 2.00. The molecule has 5 nitrogen and oxygen atoms in total. The van der Waals surface area contributed by atoms with E-state index >= 15 is 0 Å². The van der Waals surface area contributed by atoms with Crippen molar-refractivity contribution in [2.24, 2.45) is 5.92 Å². The number of hydrogen-bond acceptors (Lipinski definition) is 3. The summed E-state index contributed by atoms with van der Waals surface area (Å²) in [6.07, 6.45) is 1.97. The summed E-state index contributed by atoms with van der Waals surface area (Å²) < 4.78 is 0. The molecule has 1 aliphatic rings. The number of likely N-dealkylation sites (tertiary alicyclic amines) is 1. The van der Waals surface area contributed by atoms with E-state index in [0.29, 0.717) is 18.7 Å². The third-order valence-electron chi connectivity index (χ3n) is 2.00. The van der Waals surface area contributed by atoms with Gasteiger partial charge in [0.15, 0.2) is 0 Å². The molecule has 3 N–H and O–H groups in total. The first kappa shape index (κ1) is 8.70. The molecule has 1 rings (SSSR count). The Morgan fingerprint density at radius 3 is 2.92 bits per heavy atom. The van der Waals surface area contributed by atoms with E-state index in [2.05, 4.69) is 0 Å². The minimum atomic E-state index is -0.839. The fourth-order valence-corrected chi connectivity index (χ4v) is 1.23. The fraction of sp³-hybridized carbons (Fsp3) is 0.571. The zero-order valence-corrected chi connectivity index (χ0v) is 6.58. The number of rotatable bonds is 2. The molecule has 0 aliphatic carbocycles. The van der Waals surface area contributed by atoms with Crippen LogP contribution in [0.4, 0.5) is 0 Å². The van der Waals surface area contributed by atoms with Crippen LogP contribution in [0.3, 0.4) is 0 Å². The second kappa shape index (κ2) is 3.34. The number of nitrogens with one attached hydrogen (secondary N) is 2. The zero-order chi connectivity index (χ0) is 9.14. The van der Waals surface area contributed by atoms with Crippen molar-refractivity contribution in [3.63, 3.8) is 0 Å². The van der Waals surface area contributed by atoms with Crippen molar-refractivity contribution in [1.82, 2.24) is 4.90 Å². The maximum atomic E-state index is 10.6. The van der Waals surface area contributed by atoms with Crippen molar-refractivity contribution in [3.8, 4) is 0 Å². The fourth-order valence-electron chi connectivity index (χ4n) is 1.23. The van der Waals surface area contributed by atoms with Gasteiger partial charge in [-0.15, -0.1) is 0 Å². The number of hydrogen-bond donors (Lipinski definition) is 3. The van der Waals surface area contributed by atoms with Crippen LogP contribution >= 0.6 is 0 Å². The molecule has 0 spiro atoms. The van der Waals surface area contributed by atoms with Gasteiger partial charge in [-0.2, -0.15) is 0 Å². The Bertz CT molecular complexity index is 227. The Morgan fingerprint density at radius 1 is 1.75 bits per heavy atom. The smallest absolute Gasteiger partial charge is 0.308 e. The number of carboxylic acids is 1. The highest BCUT2D eigenvalue weighted by Gasteiger charge is 2.26. The van der Waals surface area contributed by atoms with E-state index in [9.17, 15) is 4.79 Å². The SMILES string of the molecule is N=CN1CC(C(=O)O)CCC1=N. The molecule has 12 heavy (non-hydrogen) atoms. The first-order valence-electron chi connectivity index (χ1n) is 3.72. The lowest BCUT2D eigenvalue weighted by Crippen LogP contribution is -2.41. The third kappa shape index (κ3) is 1.61. The summed E-state index contributed by atoms with van der Waals surface area (Å²) in [6.45, 7) is 0.262. The molecule has 0 aromatic heterocycles. The van der Waals surface area contributed by atoms with Crippen LogP contribution in [0.2, 0.25) is 0 Å². The van der Waals surface area contributed by atoms with Gasteiger partial charge in [0.25, 0.3) is 0 Å². The molecule has 1 saturated heterocycles. The first-order chi connectivity index (χ1) is 5.65. The van der Waals surface area contributed by atoms with Crippen molar-refractivity contribution < 1.29 is 9.90 Å². The quantitative estimate of drug-likeness (QED) is 0.412. The van der Waals surface area contributed by atoms with Crippen LogP contribution in [0, 0.1) is 16.7 Å². The Balaban J connectivity index is 2.61. The second-order valence-electron chi connectivity index (χ2n) is 2.80. The van der Waals surface area contributed by atoms with E-state index in [1.54, 1.807) is 0 Å². The molecule has 0 bridgehead atoms. The summed E-state index contributed by atoms with van der Waals surface area (Å²) in [7, 11) is 0. The van der Waals surface area contributed by atoms with Gasteiger partial charge in [-0.05, 0) is 6.42 Å². The van der Waals surface area contributed by atoms with Crippen molar-refractivity contribution in [2.75, 3.05) is 6.54 Å². The lowest BCUT2D eigenvalue weighted by atomic mass is 9.98. The number of nitrogens with zero attached hydrogens (tertiary/aromatic N) is 1. The van der Waals surface area contributed by atoms with Gasteiger partial charge in [0.05, 0.1) is 12.3 Å². The van der Waals surface area contributed by atoms with Gasteiger partial charge in [0.1, 0.15) is 5.84 Å². The summed E-state index contributed by atoms with van der Waals surface area (Å²) >= 11 is 0. The maximum Gasteiger partial charge on any atom is 0.308 e. The van der Waals surface area contributed by atoms with E-state index in [-0.39, 0.29) is 6.54 Å². The van der Waals surface area contributed by atoms with Gasteiger partial charge in [-0.3, -0.25) is 15.6 Å². The predicted molar refractivity (Wildman–Crippen MR) is 43.6 cm³/mol. The summed E-state index contributed by atoms with van der Waals surface area (Å²) in [4.78, 5) is 11.9. The molecule has 0 aromatic rings. The van der Waals surface area contributed by atoms with Gasteiger partial charge in [-0.25, -0.2) is 0 Å². The molecule has 0 saturated carbocycles. The Morgan fingerprint density at radius 2 is 2.42 bits per heavy atom. The standard InChI is InChI=1S/C7H11N3O2/c8-4-10-3-5(7(11)12)1-2-6(10)9/h4-5,8-9H,1-3H2,(H,11,12). The Labute approximate surface area is 70.0 Å². The lowest BCUT2D eigenvalue weighted by molar-refractivity contribution is -0.142. The number of aliphatic carboxylic acids is 1. The largest absolute Gasteiger partial charge is 0.481 e. The first-order valence-corrected chi connectivity index (χ1v) is 3.72. The highest BCUT2D eigenvalue weighted by molar-refractivity contribution is 5.91. The van der Waals surface area contributed by atoms with Crippen LogP contribution in [0.5, 0.6) is 0 Å². The van der Waals surface area contributed by atoms with E-state index in [1.165, 1.54) is 4.90 Å². The van der Waals surface area contributed by atoms with Crippen molar-refractivity contribution >= 4 is 18.1 Å². The average molecular weight is 169 g/mol. The monoisotopic (exact) mass is 169 g/mol. The minimum absolute atomic E-state index is 0.262. The highest BCUT2D eigenvalue weighted by atomic mass is 16.4. The number of amidine groups is 1. The molecular formula is C7H11N3O2. The van der Waals surface area contributed by atoms with Crippen LogP contribution in [0.15, 0.2) is 0 Å². The van der Waals surface area contributed by atoms with Crippen molar-refractivity contribution in [3.05, 3.63) is 0 Å². The van der Waals surface area contributed by atoms with E-state index < -0.39 is 11.9 Å². The zero-order valence-electron chi connectivity index (χ0n) is 6.58. The molecule has 0 amide bonds. The molecule has 66 valence electrons. The predicted octanol–water partition coefficient (Wildman–Crippen LogP) is 0.367. The highest BCUT2D eigenvalue weighted by Crippen LogP contribution is 2.16. The van der Waals surface area contributed by atoms with E-state index in [1.807, 2.05) is 0 Å². The normalized spacial score (nSPS) is 23.8. The van der Waals surface area contributed by atoms with Gasteiger partial charge in [0, 0.05) is 13.0 Å². The van der Waals surface area contributed by atoms with Gasteiger partial charge in [0.2, 0.25) is 0 Å². The van der Waals surface area contributed by atoms with Crippen LogP contribution in [-0.4, -0.2) is 34.7 Å². The number of carbonyl (C=O) groups is 1. The van der Waals surface area contributed by atoms with E-state index in [0.717, 1.165) is 6.34 Å². The molecule has 0 aromatic carbocycles. The topological polar surface area (TPSA) is 88.2 Å². The second-order valence-corrected chi connectivity index (χ2v) is 2.80. The average Bonchev–Trinajstić information content (AvgIpc) is 2.05. The molecular weight excluding hydrogens is 158 g/mol. The summed E-state index contributed by atoms with van der Waals surface area (Å²) in [6, 6.07) is 0. The van der Waals surface area contributed by atoms with Crippen molar-refractivity contribution in [2.45, 2.75) is 12.8 Å². The van der Waals surface area contributed by atoms with Gasteiger partial charge < -0.3 is 10.0 Å². The molecule has 1 atom stereocenters. The molecule has 1 aliphatic heterocycles. The summed E-state index contributed by atoms with van der Waals surface area (Å²) in [5.41, 5.74) is 0. The number of piperidine rings is 1. The van der Waals surface area contributed by atoms with Crippen LogP contribution in [-0.2, 0) is 4.79 Å². The van der Waals surface area contributed by atoms with Gasteiger partial charge in [-0.1, -0.05) is 0 Å². The molecule has 0 radical (unpaired) electrons. The summed E-state index contributed by atoms with van der Waals surface area (Å²) in [5.74, 6) is -0.933. The summed E-state index contributed by atoms with van der Waals surface area (Å²) in [5, 5.41) is 22.9. The molecule has 5 heteroatoms. The van der Waals surface area contributed by atoms with Crippen LogP contribution in [0.1, 0.15) is 12.8 Å². The Hall–Kier alpha value is -1.39. The number of carboxylic acid groups (broad SMARTS) is 1. The Kier molecular flexibility index (Phi) is 2.42. The van der Waals surface area contributed by atoms with Crippen molar-refractivity contribution in [1.29, 1.82) is 10.8 Å². The van der Waals surface area contributed by atoms with Crippen LogP contribution < -0.4 is 0 Å². The van der Waals surface area contributed by atoms with E-state index in [4.69, 9.17) is 15.9 Å².